The highest BCUT2D eigenvalue weighted by Gasteiger charge is 2.20. The van der Waals surface area contributed by atoms with Crippen LogP contribution in [0.1, 0.15) is 36.5 Å². The summed E-state index contributed by atoms with van der Waals surface area (Å²) in [5.74, 6) is 1.71. The Bertz CT molecular complexity index is 371. The lowest BCUT2D eigenvalue weighted by Gasteiger charge is -2.06. The number of rotatable bonds is 6. The van der Waals surface area contributed by atoms with Gasteiger partial charge < -0.3 is 10.6 Å². The van der Waals surface area contributed by atoms with E-state index in [1.54, 1.807) is 12.3 Å². The maximum absolute atomic E-state index is 11.5. The highest BCUT2D eigenvalue weighted by Crippen LogP contribution is 2.31. The van der Waals surface area contributed by atoms with Crippen LogP contribution in [0.15, 0.2) is 18.3 Å². The highest BCUT2D eigenvalue weighted by atomic mass is 16.1. The number of pyridine rings is 1. The van der Waals surface area contributed by atoms with Crippen LogP contribution in [0.3, 0.4) is 0 Å². The molecule has 0 atom stereocenters. The molecule has 4 nitrogen and oxygen atoms in total. The molecule has 1 aliphatic carbocycles. The van der Waals surface area contributed by atoms with Crippen molar-refractivity contribution < 1.29 is 4.79 Å². The molecule has 1 amide bonds. The molecular weight excluding hydrogens is 214 g/mol. The van der Waals surface area contributed by atoms with E-state index in [4.69, 9.17) is 0 Å². The molecule has 1 heterocycles. The molecule has 0 aromatic carbocycles. The van der Waals surface area contributed by atoms with Crippen LogP contribution in [0.2, 0.25) is 0 Å². The molecule has 92 valence electrons. The van der Waals surface area contributed by atoms with Crippen molar-refractivity contribution in [1.29, 1.82) is 0 Å². The minimum Gasteiger partial charge on any atom is -0.370 e. The van der Waals surface area contributed by atoms with Crippen LogP contribution in [0.5, 0.6) is 0 Å². The van der Waals surface area contributed by atoms with Crippen LogP contribution < -0.4 is 10.6 Å². The first-order valence-electron chi connectivity index (χ1n) is 6.27. The van der Waals surface area contributed by atoms with Gasteiger partial charge in [0.05, 0.1) is 5.56 Å². The lowest BCUT2D eigenvalue weighted by atomic mass is 10.2. The largest absolute Gasteiger partial charge is 0.370 e. The normalized spacial score (nSPS) is 14.4. The number of carbonyl (C=O) groups is 1. The monoisotopic (exact) mass is 233 g/mol. The summed E-state index contributed by atoms with van der Waals surface area (Å²) in [6.45, 7) is 3.51. The summed E-state index contributed by atoms with van der Waals surface area (Å²) in [5, 5.41) is 6.02. The van der Waals surface area contributed by atoms with Crippen LogP contribution in [0.25, 0.3) is 0 Å². The van der Waals surface area contributed by atoms with Gasteiger partial charge in [-0.05, 0) is 31.4 Å². The zero-order valence-electron chi connectivity index (χ0n) is 10.2. The van der Waals surface area contributed by atoms with Crippen molar-refractivity contribution in [3.63, 3.8) is 0 Å². The fraction of sp³-hybridized carbons (Fsp3) is 0.538. The number of nitrogens with one attached hydrogen (secondary N) is 2. The van der Waals surface area contributed by atoms with Gasteiger partial charge in [0.15, 0.2) is 0 Å². The lowest BCUT2D eigenvalue weighted by molar-refractivity contribution is 0.0955. The van der Waals surface area contributed by atoms with Gasteiger partial charge in [0.25, 0.3) is 5.91 Å². The van der Waals surface area contributed by atoms with Gasteiger partial charge in [-0.25, -0.2) is 4.98 Å². The minimum atomic E-state index is -0.0652. The van der Waals surface area contributed by atoms with E-state index in [9.17, 15) is 4.79 Å². The van der Waals surface area contributed by atoms with E-state index in [0.29, 0.717) is 12.1 Å². The predicted octanol–water partition coefficient (Wildman–Crippen LogP) is 2.04. The number of nitrogens with zero attached hydrogens (tertiary/aromatic N) is 1. The third-order valence-electron chi connectivity index (χ3n) is 2.92. The second-order valence-electron chi connectivity index (χ2n) is 4.45. The molecular formula is C13H19N3O. The Morgan fingerprint density at radius 2 is 2.29 bits per heavy atom. The van der Waals surface area contributed by atoms with Crippen LogP contribution >= 0.6 is 0 Å². The molecule has 0 saturated heterocycles. The molecule has 1 saturated carbocycles. The van der Waals surface area contributed by atoms with Gasteiger partial charge in [0, 0.05) is 19.3 Å². The van der Waals surface area contributed by atoms with Crippen LogP contribution in [-0.4, -0.2) is 24.0 Å². The van der Waals surface area contributed by atoms with Crippen molar-refractivity contribution in [2.75, 3.05) is 18.4 Å². The summed E-state index contributed by atoms with van der Waals surface area (Å²) >= 11 is 0. The second-order valence-corrected chi connectivity index (χ2v) is 4.45. The van der Waals surface area contributed by atoms with Crippen LogP contribution in [-0.2, 0) is 0 Å². The topological polar surface area (TPSA) is 54.0 Å². The number of aromatic nitrogens is 1. The molecule has 4 heteroatoms. The standard InChI is InChI=1S/C13H19N3O/c1-2-14-13(17)11-5-6-12(16-9-11)15-8-7-10-3-4-10/h5-6,9-10H,2-4,7-8H2,1H3,(H,14,17)(H,15,16). The Hall–Kier alpha value is -1.58. The average molecular weight is 233 g/mol. The van der Waals surface area contributed by atoms with Gasteiger partial charge in [-0.15, -0.1) is 0 Å². The quantitative estimate of drug-likeness (QED) is 0.790. The van der Waals surface area contributed by atoms with E-state index >= 15 is 0 Å². The van der Waals surface area contributed by atoms with Gasteiger partial charge in [-0.1, -0.05) is 12.8 Å². The van der Waals surface area contributed by atoms with Gasteiger partial charge in [-0.2, -0.15) is 0 Å². The number of anilines is 1. The number of hydrogen-bond donors (Lipinski definition) is 2. The predicted molar refractivity (Wildman–Crippen MR) is 68.1 cm³/mol. The molecule has 17 heavy (non-hydrogen) atoms. The van der Waals surface area contributed by atoms with Crippen molar-refractivity contribution >= 4 is 11.7 Å². The average Bonchev–Trinajstić information content (AvgIpc) is 3.14. The van der Waals surface area contributed by atoms with Crippen molar-refractivity contribution in [2.24, 2.45) is 5.92 Å². The van der Waals surface area contributed by atoms with E-state index in [-0.39, 0.29) is 5.91 Å². The summed E-state index contributed by atoms with van der Waals surface area (Å²) in [7, 11) is 0. The maximum Gasteiger partial charge on any atom is 0.252 e. The summed E-state index contributed by atoms with van der Waals surface area (Å²) in [6, 6.07) is 3.66. The first-order valence-corrected chi connectivity index (χ1v) is 6.27. The molecule has 2 N–H and O–H groups in total. The summed E-state index contributed by atoms with van der Waals surface area (Å²) in [6.07, 6.45) is 5.60. The van der Waals surface area contributed by atoms with Crippen molar-refractivity contribution in [2.45, 2.75) is 26.2 Å². The number of amides is 1. The lowest BCUT2D eigenvalue weighted by Crippen LogP contribution is -2.22. The highest BCUT2D eigenvalue weighted by molar-refractivity contribution is 5.93. The van der Waals surface area contributed by atoms with Crippen molar-refractivity contribution in [3.8, 4) is 0 Å². The van der Waals surface area contributed by atoms with Gasteiger partial charge in [-0.3, -0.25) is 4.79 Å². The molecule has 1 aliphatic rings. The van der Waals surface area contributed by atoms with Crippen molar-refractivity contribution in [1.82, 2.24) is 10.3 Å². The number of carbonyl (C=O) groups excluding carboxylic acids is 1. The van der Waals surface area contributed by atoms with Crippen molar-refractivity contribution in [3.05, 3.63) is 23.9 Å². The fourth-order valence-electron chi connectivity index (χ4n) is 1.71. The number of hydrogen-bond acceptors (Lipinski definition) is 3. The fourth-order valence-corrected chi connectivity index (χ4v) is 1.71. The Morgan fingerprint density at radius 1 is 1.47 bits per heavy atom. The maximum atomic E-state index is 11.5. The summed E-state index contributed by atoms with van der Waals surface area (Å²) in [4.78, 5) is 15.7. The Labute approximate surface area is 102 Å². The third kappa shape index (κ3) is 3.73. The Balaban J connectivity index is 1.81. The van der Waals surface area contributed by atoms with E-state index in [0.717, 1.165) is 18.3 Å². The molecule has 2 rings (SSSR count). The van der Waals surface area contributed by atoms with Gasteiger partial charge >= 0.3 is 0 Å². The molecule has 0 aliphatic heterocycles. The van der Waals surface area contributed by atoms with Crippen LogP contribution in [0, 0.1) is 5.92 Å². The molecule has 1 aromatic rings. The zero-order valence-corrected chi connectivity index (χ0v) is 10.2. The second kappa shape index (κ2) is 5.66. The molecule has 0 bridgehead atoms. The van der Waals surface area contributed by atoms with E-state index < -0.39 is 0 Å². The van der Waals surface area contributed by atoms with E-state index in [1.807, 2.05) is 13.0 Å². The molecule has 0 unspecified atom stereocenters. The van der Waals surface area contributed by atoms with E-state index in [2.05, 4.69) is 15.6 Å². The molecule has 1 fully saturated rings. The smallest absolute Gasteiger partial charge is 0.252 e. The molecule has 0 spiro atoms. The Morgan fingerprint density at radius 3 is 2.88 bits per heavy atom. The summed E-state index contributed by atoms with van der Waals surface area (Å²) in [5.41, 5.74) is 0.611. The Kier molecular flexibility index (Phi) is 3.96. The minimum absolute atomic E-state index is 0.0652. The zero-order chi connectivity index (χ0) is 12.1. The summed E-state index contributed by atoms with van der Waals surface area (Å²) < 4.78 is 0. The third-order valence-corrected chi connectivity index (χ3v) is 2.92. The SMILES string of the molecule is CCNC(=O)c1ccc(NCCC2CC2)nc1. The first-order chi connectivity index (χ1) is 8.29. The van der Waals surface area contributed by atoms with Crippen LogP contribution in [0.4, 0.5) is 5.82 Å². The van der Waals surface area contributed by atoms with Gasteiger partial charge in [0.1, 0.15) is 5.82 Å². The first kappa shape index (κ1) is 11.9. The molecule has 1 aromatic heterocycles. The van der Waals surface area contributed by atoms with Gasteiger partial charge in [0.2, 0.25) is 0 Å². The van der Waals surface area contributed by atoms with E-state index in [1.165, 1.54) is 19.3 Å². The molecule has 0 radical (unpaired) electrons.